The molecule has 2 rings (SSSR count). The van der Waals surface area contributed by atoms with Gasteiger partial charge in [-0.2, -0.15) is 0 Å². The van der Waals surface area contributed by atoms with Crippen molar-refractivity contribution in [2.45, 2.75) is 6.04 Å². The van der Waals surface area contributed by atoms with Crippen LogP contribution in [0.1, 0.15) is 11.7 Å². The highest BCUT2D eigenvalue weighted by Crippen LogP contribution is 2.33. The van der Waals surface area contributed by atoms with Crippen LogP contribution in [0.4, 0.5) is 0 Å². The zero-order chi connectivity index (χ0) is 14.7. The molecular formula is C14H16N2O4. The largest absolute Gasteiger partial charge is 0.468 e. The van der Waals surface area contributed by atoms with Crippen LogP contribution in [-0.4, -0.2) is 48.6 Å². The quantitative estimate of drug-likeness (QED) is 0.447. The summed E-state index contributed by atoms with van der Waals surface area (Å²) >= 11 is 0. The molecule has 0 spiro atoms. The number of hydrogen-bond donors (Lipinski definition) is 0. The lowest BCUT2D eigenvalue weighted by Gasteiger charge is -2.38. The molecule has 1 aromatic rings. The van der Waals surface area contributed by atoms with Gasteiger partial charge in [-0.1, -0.05) is 6.07 Å². The van der Waals surface area contributed by atoms with Crippen LogP contribution in [0.25, 0.3) is 0 Å². The first-order chi connectivity index (χ1) is 9.60. The number of ether oxygens (including phenoxy) is 1. The van der Waals surface area contributed by atoms with E-state index in [9.17, 15) is 14.4 Å². The molecule has 0 aliphatic carbocycles. The molecule has 0 bridgehead atoms. The Morgan fingerprint density at radius 3 is 2.80 bits per heavy atom. The first-order valence-electron chi connectivity index (χ1n) is 6.28. The minimum Gasteiger partial charge on any atom is -0.468 e. The second-order valence-electron chi connectivity index (χ2n) is 4.78. The van der Waals surface area contributed by atoms with E-state index < -0.39 is 29.6 Å². The number of rotatable bonds is 3. The zero-order valence-corrected chi connectivity index (χ0v) is 11.4. The predicted molar refractivity (Wildman–Crippen MR) is 69.7 cm³/mol. The number of carbonyl (C=O) groups excluding carboxylic acids is 3. The molecule has 6 heteroatoms. The molecule has 3 atom stereocenters. The fourth-order valence-electron chi connectivity index (χ4n) is 2.59. The van der Waals surface area contributed by atoms with E-state index >= 15 is 0 Å². The molecule has 2 heterocycles. The number of likely N-dealkylation sites (tertiary alicyclic amines) is 1. The third-order valence-electron chi connectivity index (χ3n) is 3.58. The van der Waals surface area contributed by atoms with Crippen molar-refractivity contribution in [2.24, 2.45) is 11.8 Å². The van der Waals surface area contributed by atoms with Crippen LogP contribution in [0.5, 0.6) is 0 Å². The van der Waals surface area contributed by atoms with Gasteiger partial charge in [0.1, 0.15) is 12.2 Å². The molecule has 1 aliphatic heterocycles. The summed E-state index contributed by atoms with van der Waals surface area (Å²) in [6.45, 7) is 0.219. The van der Waals surface area contributed by atoms with Crippen molar-refractivity contribution in [1.29, 1.82) is 0 Å². The van der Waals surface area contributed by atoms with Gasteiger partial charge >= 0.3 is 5.97 Å². The van der Waals surface area contributed by atoms with Crippen LogP contribution in [0.2, 0.25) is 0 Å². The van der Waals surface area contributed by atoms with Gasteiger partial charge in [-0.3, -0.25) is 19.5 Å². The van der Waals surface area contributed by atoms with Gasteiger partial charge in [0.25, 0.3) is 0 Å². The van der Waals surface area contributed by atoms with Crippen LogP contribution in [-0.2, 0) is 19.1 Å². The number of Topliss-reactive ketones (excluding diaryl/α,β-unsaturated/α-hetero) is 1. The van der Waals surface area contributed by atoms with Gasteiger partial charge in [-0.15, -0.1) is 0 Å². The van der Waals surface area contributed by atoms with E-state index in [0.717, 1.165) is 0 Å². The number of esters is 1. The molecule has 20 heavy (non-hydrogen) atoms. The van der Waals surface area contributed by atoms with E-state index in [1.54, 1.807) is 36.3 Å². The number of ketones is 1. The lowest BCUT2D eigenvalue weighted by atomic mass is 9.81. The van der Waals surface area contributed by atoms with E-state index in [0.29, 0.717) is 12.0 Å². The standard InChI is InChI=1S/C14H16N2O4/c1-16-7-9(14(19)20-2)13(18)10(8-17)12(16)11-5-3-4-6-15-11/h3-6,8-10,12H,7H2,1-2H3/t9?,10?,12-/m1/s1. The van der Waals surface area contributed by atoms with Gasteiger partial charge in [0.15, 0.2) is 5.78 Å². The van der Waals surface area contributed by atoms with E-state index in [-0.39, 0.29) is 6.54 Å². The summed E-state index contributed by atoms with van der Waals surface area (Å²) in [5.41, 5.74) is 0.642. The highest BCUT2D eigenvalue weighted by molar-refractivity contribution is 6.06. The van der Waals surface area contributed by atoms with Crippen molar-refractivity contribution < 1.29 is 19.1 Å². The molecule has 106 valence electrons. The monoisotopic (exact) mass is 276 g/mol. The summed E-state index contributed by atoms with van der Waals surface area (Å²) in [5, 5.41) is 0. The fraction of sp³-hybridized carbons (Fsp3) is 0.429. The summed E-state index contributed by atoms with van der Waals surface area (Å²) < 4.78 is 4.62. The molecule has 1 aromatic heterocycles. The highest BCUT2D eigenvalue weighted by Gasteiger charge is 2.45. The molecule has 1 aliphatic rings. The van der Waals surface area contributed by atoms with Gasteiger partial charge in [0, 0.05) is 12.7 Å². The number of hydrogen-bond acceptors (Lipinski definition) is 6. The number of aromatic nitrogens is 1. The third kappa shape index (κ3) is 2.46. The van der Waals surface area contributed by atoms with E-state index in [1.807, 2.05) is 0 Å². The number of piperidine rings is 1. The molecule has 0 N–H and O–H groups in total. The Balaban J connectivity index is 2.34. The van der Waals surface area contributed by atoms with Crippen molar-refractivity contribution in [3.8, 4) is 0 Å². The van der Waals surface area contributed by atoms with E-state index in [2.05, 4.69) is 9.72 Å². The van der Waals surface area contributed by atoms with Crippen molar-refractivity contribution >= 4 is 18.0 Å². The number of pyridine rings is 1. The van der Waals surface area contributed by atoms with Crippen LogP contribution in [0.3, 0.4) is 0 Å². The van der Waals surface area contributed by atoms with Crippen LogP contribution in [0, 0.1) is 11.8 Å². The Hall–Kier alpha value is -2.08. The van der Waals surface area contributed by atoms with Crippen molar-refractivity contribution in [1.82, 2.24) is 9.88 Å². The van der Waals surface area contributed by atoms with Crippen molar-refractivity contribution in [3.05, 3.63) is 30.1 Å². The maximum atomic E-state index is 12.3. The van der Waals surface area contributed by atoms with Crippen LogP contribution in [0.15, 0.2) is 24.4 Å². The molecule has 0 aromatic carbocycles. The molecule has 6 nitrogen and oxygen atoms in total. The number of aldehydes is 1. The molecule has 2 unspecified atom stereocenters. The summed E-state index contributed by atoms with van der Waals surface area (Å²) in [4.78, 5) is 41.3. The summed E-state index contributed by atoms with van der Waals surface area (Å²) in [6, 6.07) is 4.89. The first kappa shape index (κ1) is 14.3. The molecular weight excluding hydrogens is 260 g/mol. The smallest absolute Gasteiger partial charge is 0.317 e. The predicted octanol–water partition coefficient (Wildman–Crippen LogP) is 0.241. The van der Waals surface area contributed by atoms with Crippen LogP contribution < -0.4 is 0 Å². The second-order valence-corrected chi connectivity index (χ2v) is 4.78. The Bertz CT molecular complexity index is 517. The van der Waals surface area contributed by atoms with Gasteiger partial charge in [0.05, 0.1) is 24.8 Å². The minimum atomic E-state index is -0.917. The second kappa shape index (κ2) is 5.92. The average molecular weight is 276 g/mol. The lowest BCUT2D eigenvalue weighted by Crippen LogP contribution is -2.50. The lowest BCUT2D eigenvalue weighted by molar-refractivity contribution is -0.155. The Morgan fingerprint density at radius 2 is 2.25 bits per heavy atom. The van der Waals surface area contributed by atoms with Crippen LogP contribution >= 0.6 is 0 Å². The first-order valence-corrected chi connectivity index (χ1v) is 6.28. The maximum absolute atomic E-state index is 12.3. The van der Waals surface area contributed by atoms with E-state index in [4.69, 9.17) is 0 Å². The molecule has 1 saturated heterocycles. The fourth-order valence-corrected chi connectivity index (χ4v) is 2.59. The number of methoxy groups -OCH3 is 1. The zero-order valence-electron chi connectivity index (χ0n) is 11.4. The number of carbonyl (C=O) groups is 3. The summed E-state index contributed by atoms with van der Waals surface area (Å²) in [7, 11) is 2.99. The summed E-state index contributed by atoms with van der Waals surface area (Å²) in [6.07, 6.45) is 2.20. The molecule has 0 saturated carbocycles. The summed E-state index contributed by atoms with van der Waals surface area (Å²) in [5.74, 6) is -2.83. The molecule has 1 fully saturated rings. The highest BCUT2D eigenvalue weighted by atomic mass is 16.5. The maximum Gasteiger partial charge on any atom is 0.317 e. The number of nitrogens with zero attached hydrogens (tertiary/aromatic N) is 2. The molecule has 0 amide bonds. The van der Waals surface area contributed by atoms with Gasteiger partial charge in [0.2, 0.25) is 0 Å². The topological polar surface area (TPSA) is 76.6 Å². The Labute approximate surface area is 116 Å². The average Bonchev–Trinajstić information content (AvgIpc) is 2.48. The van der Waals surface area contributed by atoms with Gasteiger partial charge in [-0.25, -0.2) is 0 Å². The van der Waals surface area contributed by atoms with Gasteiger partial charge < -0.3 is 9.53 Å². The Morgan fingerprint density at radius 1 is 1.50 bits per heavy atom. The Kier molecular flexibility index (Phi) is 4.24. The van der Waals surface area contributed by atoms with Gasteiger partial charge in [-0.05, 0) is 19.2 Å². The normalized spacial score (nSPS) is 27.1. The molecule has 0 radical (unpaired) electrons. The third-order valence-corrected chi connectivity index (χ3v) is 3.58. The minimum absolute atomic E-state index is 0.219. The van der Waals surface area contributed by atoms with Crippen molar-refractivity contribution in [3.63, 3.8) is 0 Å². The SMILES string of the molecule is COC(=O)C1CN(C)[C@@H](c2ccccn2)C(C=O)C1=O. The van der Waals surface area contributed by atoms with Crippen molar-refractivity contribution in [2.75, 3.05) is 20.7 Å². The van der Waals surface area contributed by atoms with E-state index in [1.165, 1.54) is 7.11 Å².